The first-order chi connectivity index (χ1) is 12.6. The van der Waals surface area contributed by atoms with Crippen LogP contribution in [0.5, 0.6) is 0 Å². The Morgan fingerprint density at radius 2 is 1.54 bits per heavy atom. The zero-order valence-electron chi connectivity index (χ0n) is 15.9. The van der Waals surface area contributed by atoms with Gasteiger partial charge in [0.25, 0.3) is 0 Å². The lowest BCUT2D eigenvalue weighted by Gasteiger charge is -2.26. The molecular formula is C22H28N2O2. The van der Waals surface area contributed by atoms with Gasteiger partial charge in [0.2, 0.25) is 11.8 Å². The van der Waals surface area contributed by atoms with Gasteiger partial charge < -0.3 is 10.2 Å². The molecule has 138 valence electrons. The van der Waals surface area contributed by atoms with E-state index in [0.29, 0.717) is 13.1 Å². The number of hydrogen-bond acceptors (Lipinski definition) is 2. The van der Waals surface area contributed by atoms with Crippen molar-refractivity contribution in [1.82, 2.24) is 5.32 Å². The number of nitrogens with one attached hydrogen (secondary N) is 1. The zero-order chi connectivity index (χ0) is 18.9. The predicted octanol–water partition coefficient (Wildman–Crippen LogP) is 3.87. The fourth-order valence-corrected chi connectivity index (χ4v) is 3.09. The van der Waals surface area contributed by atoms with E-state index in [2.05, 4.69) is 31.3 Å². The molecule has 0 saturated carbocycles. The average Bonchev–Trinajstić information content (AvgIpc) is 2.67. The molecule has 0 aliphatic heterocycles. The second kappa shape index (κ2) is 9.76. The van der Waals surface area contributed by atoms with Gasteiger partial charge >= 0.3 is 0 Å². The molecule has 2 aromatic carbocycles. The molecule has 1 N–H and O–H groups in total. The van der Waals surface area contributed by atoms with Crippen LogP contribution in [0.4, 0.5) is 5.69 Å². The molecule has 0 unspecified atom stereocenters. The van der Waals surface area contributed by atoms with Crippen molar-refractivity contribution in [2.45, 2.75) is 46.6 Å². The standard InChI is InChI=1S/C22H28N2O2/c1-4-19-12-9-13-20(5-2)22(19)24(17(3)25)15-14-21(26)23-16-18-10-7-6-8-11-18/h6-13H,4-5,14-16H2,1-3H3,(H,23,26). The summed E-state index contributed by atoms with van der Waals surface area (Å²) in [5.41, 5.74) is 4.32. The lowest BCUT2D eigenvalue weighted by atomic mass is 10.0. The summed E-state index contributed by atoms with van der Waals surface area (Å²) in [6.45, 7) is 6.63. The number of nitrogens with zero attached hydrogens (tertiary/aromatic N) is 1. The summed E-state index contributed by atoms with van der Waals surface area (Å²) in [5.74, 6) is -0.0800. The van der Waals surface area contributed by atoms with Gasteiger partial charge in [-0.1, -0.05) is 62.4 Å². The van der Waals surface area contributed by atoms with E-state index in [9.17, 15) is 9.59 Å². The van der Waals surface area contributed by atoms with Gasteiger partial charge in [0.1, 0.15) is 0 Å². The maximum atomic E-state index is 12.3. The van der Waals surface area contributed by atoms with E-state index >= 15 is 0 Å². The Bertz CT molecular complexity index is 719. The van der Waals surface area contributed by atoms with Crippen LogP contribution in [-0.2, 0) is 29.0 Å². The van der Waals surface area contributed by atoms with Crippen molar-refractivity contribution in [2.75, 3.05) is 11.4 Å². The Morgan fingerprint density at radius 1 is 0.923 bits per heavy atom. The van der Waals surface area contributed by atoms with E-state index in [1.54, 1.807) is 11.8 Å². The van der Waals surface area contributed by atoms with Crippen molar-refractivity contribution in [3.05, 3.63) is 65.2 Å². The number of hydrogen-bond donors (Lipinski definition) is 1. The van der Waals surface area contributed by atoms with Crippen molar-refractivity contribution < 1.29 is 9.59 Å². The number of anilines is 1. The molecule has 2 aromatic rings. The Hall–Kier alpha value is -2.62. The molecule has 0 bridgehead atoms. The second-order valence-corrected chi connectivity index (χ2v) is 6.31. The minimum Gasteiger partial charge on any atom is -0.352 e. The Kier molecular flexibility index (Phi) is 7.39. The summed E-state index contributed by atoms with van der Waals surface area (Å²) in [7, 11) is 0. The van der Waals surface area contributed by atoms with E-state index in [1.165, 1.54) is 0 Å². The van der Waals surface area contributed by atoms with Gasteiger partial charge in [-0.15, -0.1) is 0 Å². The number of rotatable bonds is 8. The fraction of sp³-hybridized carbons (Fsp3) is 0.364. The first-order valence-corrected chi connectivity index (χ1v) is 9.26. The van der Waals surface area contributed by atoms with Crippen LogP contribution in [0.15, 0.2) is 48.5 Å². The van der Waals surface area contributed by atoms with Gasteiger partial charge in [0, 0.05) is 32.1 Å². The number of carbonyl (C=O) groups excluding carboxylic acids is 2. The molecule has 2 rings (SSSR count). The van der Waals surface area contributed by atoms with Crippen LogP contribution < -0.4 is 10.2 Å². The second-order valence-electron chi connectivity index (χ2n) is 6.31. The first kappa shape index (κ1) is 19.7. The summed E-state index contributed by atoms with van der Waals surface area (Å²) in [6, 6.07) is 16.0. The largest absolute Gasteiger partial charge is 0.352 e. The predicted molar refractivity (Wildman–Crippen MR) is 106 cm³/mol. The molecule has 0 heterocycles. The number of para-hydroxylation sites is 1. The smallest absolute Gasteiger partial charge is 0.223 e. The van der Waals surface area contributed by atoms with Crippen LogP contribution in [0.3, 0.4) is 0 Å². The van der Waals surface area contributed by atoms with Crippen molar-refractivity contribution in [2.24, 2.45) is 0 Å². The topological polar surface area (TPSA) is 49.4 Å². The van der Waals surface area contributed by atoms with Crippen LogP contribution in [-0.4, -0.2) is 18.4 Å². The third-order valence-corrected chi connectivity index (χ3v) is 4.51. The molecule has 0 radical (unpaired) electrons. The van der Waals surface area contributed by atoms with Gasteiger partial charge in [-0.3, -0.25) is 9.59 Å². The highest BCUT2D eigenvalue weighted by atomic mass is 16.2. The molecule has 0 aliphatic rings. The highest BCUT2D eigenvalue weighted by molar-refractivity contribution is 5.94. The number of amides is 2. The van der Waals surface area contributed by atoms with Crippen LogP contribution in [0, 0.1) is 0 Å². The summed E-state index contributed by atoms with van der Waals surface area (Å²) in [5, 5.41) is 2.92. The molecule has 26 heavy (non-hydrogen) atoms. The molecule has 0 saturated heterocycles. The summed E-state index contributed by atoms with van der Waals surface area (Å²) in [4.78, 5) is 26.3. The summed E-state index contributed by atoms with van der Waals surface area (Å²) >= 11 is 0. The van der Waals surface area contributed by atoms with Gasteiger partial charge in [-0.25, -0.2) is 0 Å². The highest BCUT2D eigenvalue weighted by Crippen LogP contribution is 2.27. The molecular weight excluding hydrogens is 324 g/mol. The average molecular weight is 352 g/mol. The number of carbonyl (C=O) groups is 2. The van der Waals surface area contributed by atoms with Crippen LogP contribution in [0.2, 0.25) is 0 Å². The normalized spacial score (nSPS) is 10.4. The molecule has 0 aliphatic carbocycles. The minimum absolute atomic E-state index is 0.0311. The highest BCUT2D eigenvalue weighted by Gasteiger charge is 2.19. The molecule has 0 atom stereocenters. The SMILES string of the molecule is CCc1cccc(CC)c1N(CCC(=O)NCc1ccccc1)C(C)=O. The van der Waals surface area contributed by atoms with Crippen molar-refractivity contribution in [1.29, 1.82) is 0 Å². The maximum absolute atomic E-state index is 12.3. The molecule has 2 amide bonds. The molecule has 4 heteroatoms. The van der Waals surface area contributed by atoms with Gasteiger partial charge in [-0.2, -0.15) is 0 Å². The number of aryl methyl sites for hydroxylation is 2. The van der Waals surface area contributed by atoms with Gasteiger partial charge in [0.05, 0.1) is 0 Å². The van der Waals surface area contributed by atoms with E-state index in [-0.39, 0.29) is 18.2 Å². The molecule has 0 aromatic heterocycles. The van der Waals surface area contributed by atoms with Gasteiger partial charge in [-0.05, 0) is 29.5 Å². The molecule has 4 nitrogen and oxygen atoms in total. The monoisotopic (exact) mass is 352 g/mol. The molecule has 0 fully saturated rings. The third-order valence-electron chi connectivity index (χ3n) is 4.51. The van der Waals surface area contributed by atoms with Crippen LogP contribution in [0.1, 0.15) is 43.9 Å². The van der Waals surface area contributed by atoms with E-state index in [0.717, 1.165) is 35.2 Å². The summed E-state index contributed by atoms with van der Waals surface area (Å²) < 4.78 is 0. The minimum atomic E-state index is -0.0490. The maximum Gasteiger partial charge on any atom is 0.223 e. The molecule has 0 spiro atoms. The lowest BCUT2D eigenvalue weighted by Crippen LogP contribution is -2.35. The first-order valence-electron chi connectivity index (χ1n) is 9.26. The Morgan fingerprint density at radius 3 is 2.08 bits per heavy atom. The van der Waals surface area contributed by atoms with E-state index < -0.39 is 0 Å². The summed E-state index contributed by atoms with van der Waals surface area (Å²) in [6.07, 6.45) is 1.99. The van der Waals surface area contributed by atoms with Crippen molar-refractivity contribution >= 4 is 17.5 Å². The van der Waals surface area contributed by atoms with Crippen LogP contribution >= 0.6 is 0 Å². The quantitative estimate of drug-likeness (QED) is 0.784. The van der Waals surface area contributed by atoms with Crippen molar-refractivity contribution in [3.63, 3.8) is 0 Å². The van der Waals surface area contributed by atoms with E-state index in [1.807, 2.05) is 36.4 Å². The van der Waals surface area contributed by atoms with Gasteiger partial charge in [0.15, 0.2) is 0 Å². The number of benzene rings is 2. The lowest BCUT2D eigenvalue weighted by molar-refractivity contribution is -0.121. The Balaban J connectivity index is 2.05. The Labute approximate surface area is 156 Å². The third kappa shape index (κ3) is 5.19. The van der Waals surface area contributed by atoms with Crippen molar-refractivity contribution in [3.8, 4) is 0 Å². The van der Waals surface area contributed by atoms with E-state index in [4.69, 9.17) is 0 Å². The zero-order valence-corrected chi connectivity index (χ0v) is 15.9. The fourth-order valence-electron chi connectivity index (χ4n) is 3.09. The van der Waals surface area contributed by atoms with Crippen LogP contribution in [0.25, 0.3) is 0 Å².